The fourth-order valence-corrected chi connectivity index (χ4v) is 4.51. The van der Waals surface area contributed by atoms with Crippen LogP contribution in [0, 0.1) is 5.92 Å². The molecule has 8 heteroatoms. The lowest BCUT2D eigenvalue weighted by molar-refractivity contribution is -0.138. The second kappa shape index (κ2) is 8.81. The molecule has 172 valence electrons. The lowest BCUT2D eigenvalue weighted by atomic mass is 9.85. The molecule has 2 saturated heterocycles. The number of rotatable bonds is 6. The van der Waals surface area contributed by atoms with E-state index in [1.54, 1.807) is 4.90 Å². The summed E-state index contributed by atoms with van der Waals surface area (Å²) in [5.74, 6) is 0.318. The molecule has 0 bridgehead atoms. The van der Waals surface area contributed by atoms with E-state index in [9.17, 15) is 22.8 Å². The molecule has 0 saturated carbocycles. The summed E-state index contributed by atoms with van der Waals surface area (Å²) in [5, 5.41) is 0. The Labute approximate surface area is 182 Å². The third-order valence-corrected chi connectivity index (χ3v) is 6.39. The van der Waals surface area contributed by atoms with Gasteiger partial charge in [-0.25, -0.2) is 4.79 Å². The van der Waals surface area contributed by atoms with Gasteiger partial charge < -0.3 is 4.90 Å². The molecule has 2 fully saturated rings. The van der Waals surface area contributed by atoms with E-state index < -0.39 is 17.3 Å². The molecule has 0 aromatic heterocycles. The van der Waals surface area contributed by atoms with Crippen LogP contribution in [-0.2, 0) is 17.5 Å². The van der Waals surface area contributed by atoms with Crippen LogP contribution in [0.5, 0.6) is 0 Å². The molecule has 1 spiro atoms. The molecule has 5 nitrogen and oxygen atoms in total. The molecule has 0 N–H and O–H groups in total. The van der Waals surface area contributed by atoms with E-state index in [1.807, 2.05) is 13.8 Å². The molecule has 2 aliphatic heterocycles. The minimum atomic E-state index is -4.34. The summed E-state index contributed by atoms with van der Waals surface area (Å²) in [6.45, 7) is 10.2. The largest absolute Gasteiger partial charge is 0.416 e. The van der Waals surface area contributed by atoms with Crippen LogP contribution in [0.3, 0.4) is 0 Å². The van der Waals surface area contributed by atoms with E-state index in [0.717, 1.165) is 24.1 Å². The van der Waals surface area contributed by atoms with Gasteiger partial charge in [0.05, 0.1) is 5.56 Å². The van der Waals surface area contributed by atoms with Gasteiger partial charge in [0, 0.05) is 32.2 Å². The summed E-state index contributed by atoms with van der Waals surface area (Å²) in [6, 6.07) is 4.84. The average molecular weight is 440 g/mol. The van der Waals surface area contributed by atoms with Crippen LogP contribution in [0.1, 0.15) is 58.1 Å². The summed E-state index contributed by atoms with van der Waals surface area (Å²) in [7, 11) is 0. The number of urea groups is 1. The van der Waals surface area contributed by atoms with Gasteiger partial charge in [-0.1, -0.05) is 26.0 Å². The summed E-state index contributed by atoms with van der Waals surface area (Å²) in [6.07, 6.45) is -2.42. The highest BCUT2D eigenvalue weighted by Crippen LogP contribution is 2.39. The van der Waals surface area contributed by atoms with Crippen molar-refractivity contribution >= 4 is 11.9 Å². The number of nitrogens with zero attached hydrogens (tertiary/aromatic N) is 3. The van der Waals surface area contributed by atoms with Crippen LogP contribution in [0.4, 0.5) is 18.0 Å². The van der Waals surface area contributed by atoms with Crippen LogP contribution in [-0.4, -0.2) is 57.9 Å². The first-order chi connectivity index (χ1) is 14.5. The number of hydrogen-bond acceptors (Lipinski definition) is 3. The number of amides is 3. The van der Waals surface area contributed by atoms with E-state index in [0.29, 0.717) is 44.9 Å². The molecule has 3 rings (SSSR count). The molecular weight excluding hydrogens is 407 g/mol. The molecule has 0 radical (unpaired) electrons. The minimum Gasteiger partial charge on any atom is -0.309 e. The van der Waals surface area contributed by atoms with Gasteiger partial charge in [0.1, 0.15) is 5.54 Å². The monoisotopic (exact) mass is 439 g/mol. The molecule has 3 amide bonds. The van der Waals surface area contributed by atoms with Crippen molar-refractivity contribution in [3.63, 3.8) is 0 Å². The number of piperidine rings is 1. The summed E-state index contributed by atoms with van der Waals surface area (Å²) in [5.41, 5.74) is -0.649. The Morgan fingerprint density at radius 2 is 1.58 bits per heavy atom. The smallest absolute Gasteiger partial charge is 0.309 e. The van der Waals surface area contributed by atoms with Gasteiger partial charge in [0.25, 0.3) is 5.91 Å². The topological polar surface area (TPSA) is 43.9 Å². The predicted molar refractivity (Wildman–Crippen MR) is 112 cm³/mol. The molecule has 0 unspecified atom stereocenters. The zero-order chi connectivity index (χ0) is 23.0. The van der Waals surface area contributed by atoms with Gasteiger partial charge in [0.2, 0.25) is 0 Å². The number of benzene rings is 1. The SMILES string of the molecule is CC(C)CCN1C(=O)N(C(C)C)C(=O)C12CCN(Cc1ccc(C(F)(F)F)cc1)CC2. The van der Waals surface area contributed by atoms with Gasteiger partial charge in [0.15, 0.2) is 0 Å². The van der Waals surface area contributed by atoms with E-state index in [2.05, 4.69) is 18.7 Å². The van der Waals surface area contributed by atoms with Crippen molar-refractivity contribution in [2.45, 2.75) is 71.3 Å². The summed E-state index contributed by atoms with van der Waals surface area (Å²) < 4.78 is 38.3. The third-order valence-electron chi connectivity index (χ3n) is 6.39. The number of imide groups is 1. The van der Waals surface area contributed by atoms with Crippen molar-refractivity contribution in [1.82, 2.24) is 14.7 Å². The highest BCUT2D eigenvalue weighted by molar-refractivity contribution is 6.07. The summed E-state index contributed by atoms with van der Waals surface area (Å²) in [4.78, 5) is 31.7. The Kier molecular flexibility index (Phi) is 6.69. The zero-order valence-electron chi connectivity index (χ0n) is 18.7. The Balaban J connectivity index is 1.71. The minimum absolute atomic E-state index is 0.106. The number of carbonyl (C=O) groups is 2. The molecule has 1 aromatic carbocycles. The van der Waals surface area contributed by atoms with Crippen molar-refractivity contribution in [1.29, 1.82) is 0 Å². The Bertz CT molecular complexity index is 797. The standard InChI is InChI=1S/C23H32F3N3O2/c1-16(2)9-12-28-21(31)29(17(3)4)20(30)22(28)10-13-27(14-11-22)15-18-5-7-19(8-6-18)23(24,25)26/h5-8,16-17H,9-15H2,1-4H3. The fourth-order valence-electron chi connectivity index (χ4n) is 4.51. The van der Waals surface area contributed by atoms with Crippen molar-refractivity contribution < 1.29 is 22.8 Å². The fraction of sp³-hybridized carbons (Fsp3) is 0.652. The van der Waals surface area contributed by atoms with E-state index in [4.69, 9.17) is 0 Å². The molecule has 2 aliphatic rings. The molecule has 0 atom stereocenters. The van der Waals surface area contributed by atoms with Gasteiger partial charge in [-0.15, -0.1) is 0 Å². The highest BCUT2D eigenvalue weighted by atomic mass is 19.4. The van der Waals surface area contributed by atoms with E-state index >= 15 is 0 Å². The van der Waals surface area contributed by atoms with Crippen molar-refractivity contribution in [2.75, 3.05) is 19.6 Å². The first-order valence-corrected chi connectivity index (χ1v) is 11.0. The van der Waals surface area contributed by atoms with E-state index in [-0.39, 0.29) is 18.0 Å². The van der Waals surface area contributed by atoms with Gasteiger partial charge in [-0.2, -0.15) is 13.2 Å². The molecule has 31 heavy (non-hydrogen) atoms. The average Bonchev–Trinajstić information content (AvgIpc) is 2.88. The molecule has 0 aliphatic carbocycles. The van der Waals surface area contributed by atoms with Crippen LogP contribution in [0.2, 0.25) is 0 Å². The number of hydrogen-bond donors (Lipinski definition) is 0. The Morgan fingerprint density at radius 3 is 2.06 bits per heavy atom. The van der Waals surface area contributed by atoms with Crippen LogP contribution in [0.25, 0.3) is 0 Å². The maximum atomic E-state index is 13.3. The normalized spacial score (nSPS) is 20.0. The van der Waals surface area contributed by atoms with Crippen molar-refractivity contribution in [2.24, 2.45) is 5.92 Å². The van der Waals surface area contributed by atoms with Crippen LogP contribution < -0.4 is 0 Å². The number of carbonyl (C=O) groups excluding carboxylic acids is 2. The second-order valence-corrected chi connectivity index (χ2v) is 9.39. The third kappa shape index (κ3) is 4.73. The quantitative estimate of drug-likeness (QED) is 0.601. The van der Waals surface area contributed by atoms with E-state index in [1.165, 1.54) is 17.0 Å². The maximum absolute atomic E-state index is 13.3. The second-order valence-electron chi connectivity index (χ2n) is 9.39. The van der Waals surface area contributed by atoms with Gasteiger partial charge in [-0.3, -0.25) is 14.6 Å². The first kappa shape index (κ1) is 23.6. The molecule has 2 heterocycles. The van der Waals surface area contributed by atoms with Gasteiger partial charge in [-0.05, 0) is 56.7 Å². The molecular formula is C23H32F3N3O2. The lowest BCUT2D eigenvalue weighted by Gasteiger charge is -2.42. The van der Waals surface area contributed by atoms with Crippen molar-refractivity contribution in [3.05, 3.63) is 35.4 Å². The zero-order valence-corrected chi connectivity index (χ0v) is 18.7. The van der Waals surface area contributed by atoms with Gasteiger partial charge >= 0.3 is 12.2 Å². The van der Waals surface area contributed by atoms with Crippen LogP contribution in [0.15, 0.2) is 24.3 Å². The summed E-state index contributed by atoms with van der Waals surface area (Å²) >= 11 is 0. The van der Waals surface area contributed by atoms with Crippen molar-refractivity contribution in [3.8, 4) is 0 Å². The number of halogens is 3. The highest BCUT2D eigenvalue weighted by Gasteiger charge is 2.58. The Morgan fingerprint density at radius 1 is 1.00 bits per heavy atom. The lowest BCUT2D eigenvalue weighted by Crippen LogP contribution is -2.56. The maximum Gasteiger partial charge on any atom is 0.416 e. The van der Waals surface area contributed by atoms with Crippen LogP contribution >= 0.6 is 0 Å². The molecule has 1 aromatic rings. The first-order valence-electron chi connectivity index (χ1n) is 11.0. The number of likely N-dealkylation sites (tertiary alicyclic amines) is 1. The number of alkyl halides is 3. The Hall–Kier alpha value is -2.09. The predicted octanol–water partition coefficient (Wildman–Crippen LogP) is 4.76.